The van der Waals surface area contributed by atoms with Crippen LogP contribution in [0.15, 0.2) is 16.7 Å². The molecule has 0 saturated heterocycles. The minimum absolute atomic E-state index is 0.0135. The molecule has 0 saturated carbocycles. The van der Waals surface area contributed by atoms with Crippen molar-refractivity contribution in [3.05, 3.63) is 22.0 Å². The van der Waals surface area contributed by atoms with Gasteiger partial charge in [-0.05, 0) is 33.6 Å². The molecule has 0 radical (unpaired) electrons. The molecule has 0 aromatic carbocycles. The summed E-state index contributed by atoms with van der Waals surface area (Å²) >= 11 is 9.10. The van der Waals surface area contributed by atoms with E-state index in [-0.39, 0.29) is 11.9 Å². The molecule has 2 N–H and O–H groups in total. The van der Waals surface area contributed by atoms with Gasteiger partial charge in [0.1, 0.15) is 5.52 Å². The minimum atomic E-state index is 0.0135. The van der Waals surface area contributed by atoms with Crippen LogP contribution in [0.1, 0.15) is 0 Å². The number of nitrogens with one attached hydrogen (secondary N) is 1. The van der Waals surface area contributed by atoms with Gasteiger partial charge in [-0.15, -0.1) is 0 Å². The third-order valence-corrected chi connectivity index (χ3v) is 2.48. The average Bonchev–Trinajstić information content (AvgIpc) is 2.25. The Labute approximate surface area is 105 Å². The maximum Gasteiger partial charge on any atom is 0.225 e. The molecule has 84 valence electrons. The average molecular weight is 304 g/mol. The fourth-order valence-corrected chi connectivity index (χ4v) is 1.76. The number of anilines is 1. The molecule has 0 aliphatic rings. The van der Waals surface area contributed by atoms with Gasteiger partial charge in [-0.25, -0.2) is 9.97 Å². The van der Waals surface area contributed by atoms with Crippen LogP contribution in [0.5, 0.6) is 0 Å². The van der Waals surface area contributed by atoms with Crippen molar-refractivity contribution >= 4 is 44.4 Å². The summed E-state index contributed by atoms with van der Waals surface area (Å²) in [6, 6.07) is 1.81. The molecule has 0 amide bonds. The van der Waals surface area contributed by atoms with Crippen molar-refractivity contribution in [1.82, 2.24) is 15.0 Å². The number of aromatic nitrogens is 3. The first-order valence-electron chi connectivity index (χ1n) is 4.54. The summed E-state index contributed by atoms with van der Waals surface area (Å²) in [5.74, 6) is 0.525. The quantitative estimate of drug-likeness (QED) is 0.847. The van der Waals surface area contributed by atoms with E-state index in [4.69, 9.17) is 16.7 Å². The van der Waals surface area contributed by atoms with Gasteiger partial charge in [-0.1, -0.05) is 0 Å². The Morgan fingerprint density at radius 1 is 1.44 bits per heavy atom. The summed E-state index contributed by atoms with van der Waals surface area (Å²) in [6.45, 7) is 0.403. The van der Waals surface area contributed by atoms with Gasteiger partial charge in [0.15, 0.2) is 5.82 Å². The zero-order valence-electron chi connectivity index (χ0n) is 8.11. The summed E-state index contributed by atoms with van der Waals surface area (Å²) < 4.78 is 0.822. The van der Waals surface area contributed by atoms with Crippen molar-refractivity contribution in [3.8, 4) is 0 Å². The van der Waals surface area contributed by atoms with Crippen LogP contribution in [0.3, 0.4) is 0 Å². The van der Waals surface area contributed by atoms with E-state index in [0.29, 0.717) is 23.4 Å². The largest absolute Gasteiger partial charge is 0.395 e. The molecule has 0 aliphatic carbocycles. The van der Waals surface area contributed by atoms with E-state index in [2.05, 4.69) is 36.2 Å². The van der Waals surface area contributed by atoms with Crippen LogP contribution in [-0.2, 0) is 0 Å². The first-order chi connectivity index (χ1) is 7.70. The lowest BCUT2D eigenvalue weighted by Gasteiger charge is -2.06. The van der Waals surface area contributed by atoms with Crippen LogP contribution in [0.25, 0.3) is 11.0 Å². The molecule has 7 heteroatoms. The Morgan fingerprint density at radius 3 is 3.00 bits per heavy atom. The van der Waals surface area contributed by atoms with Gasteiger partial charge in [-0.2, -0.15) is 4.98 Å². The van der Waals surface area contributed by atoms with Crippen molar-refractivity contribution in [3.63, 3.8) is 0 Å². The second kappa shape index (κ2) is 4.90. The second-order valence-electron chi connectivity index (χ2n) is 3.01. The minimum Gasteiger partial charge on any atom is -0.395 e. The molecule has 0 atom stereocenters. The van der Waals surface area contributed by atoms with Gasteiger partial charge < -0.3 is 10.4 Å². The van der Waals surface area contributed by atoms with E-state index >= 15 is 0 Å². The summed E-state index contributed by atoms with van der Waals surface area (Å²) in [6.07, 6.45) is 1.66. The number of fused-ring (bicyclic) bond motifs is 1. The zero-order valence-corrected chi connectivity index (χ0v) is 10.5. The number of halogens is 2. The van der Waals surface area contributed by atoms with Gasteiger partial charge >= 0.3 is 0 Å². The van der Waals surface area contributed by atoms with Crippen molar-refractivity contribution in [2.45, 2.75) is 0 Å². The number of hydrogen-bond donors (Lipinski definition) is 2. The third kappa shape index (κ3) is 2.40. The van der Waals surface area contributed by atoms with Gasteiger partial charge in [0, 0.05) is 17.2 Å². The Bertz CT molecular complexity index is 517. The molecule has 0 unspecified atom stereocenters. The second-order valence-corrected chi connectivity index (χ2v) is 4.27. The van der Waals surface area contributed by atoms with E-state index in [1.165, 1.54) is 0 Å². The molecule has 0 fully saturated rings. The van der Waals surface area contributed by atoms with Crippen LogP contribution in [-0.4, -0.2) is 33.2 Å². The maximum atomic E-state index is 8.75. The molecule has 2 rings (SSSR count). The molecule has 0 bridgehead atoms. The normalized spacial score (nSPS) is 10.7. The van der Waals surface area contributed by atoms with Crippen LogP contribution < -0.4 is 5.32 Å². The summed E-state index contributed by atoms with van der Waals surface area (Å²) in [7, 11) is 0. The SMILES string of the molecule is OCCNc1nc(Cl)nc2cc(Br)cnc12. The smallest absolute Gasteiger partial charge is 0.225 e. The van der Waals surface area contributed by atoms with Crippen LogP contribution in [0, 0.1) is 0 Å². The Morgan fingerprint density at radius 2 is 2.25 bits per heavy atom. The van der Waals surface area contributed by atoms with E-state index in [1.807, 2.05) is 0 Å². The molecule has 2 aromatic heterocycles. The van der Waals surface area contributed by atoms with Crippen molar-refractivity contribution in [2.75, 3.05) is 18.5 Å². The predicted molar refractivity (Wildman–Crippen MR) is 65.6 cm³/mol. The lowest BCUT2D eigenvalue weighted by atomic mass is 10.3. The summed E-state index contributed by atoms with van der Waals surface area (Å²) in [5, 5.41) is 11.8. The lowest BCUT2D eigenvalue weighted by Crippen LogP contribution is -2.08. The van der Waals surface area contributed by atoms with Gasteiger partial charge in [-0.3, -0.25) is 0 Å². The van der Waals surface area contributed by atoms with Gasteiger partial charge in [0.05, 0.1) is 12.1 Å². The molecular formula is C9H8BrClN4O. The number of pyridine rings is 1. The zero-order chi connectivity index (χ0) is 11.5. The number of hydrogen-bond acceptors (Lipinski definition) is 5. The number of aliphatic hydroxyl groups is 1. The molecule has 16 heavy (non-hydrogen) atoms. The monoisotopic (exact) mass is 302 g/mol. The van der Waals surface area contributed by atoms with E-state index in [9.17, 15) is 0 Å². The first kappa shape index (κ1) is 11.5. The summed E-state index contributed by atoms with van der Waals surface area (Å²) in [5.41, 5.74) is 1.27. The standard InChI is InChI=1S/C9H8BrClN4O/c10-5-3-6-7(13-4-5)8(12-1-2-16)15-9(11)14-6/h3-4,16H,1-2H2,(H,12,14,15). The van der Waals surface area contributed by atoms with E-state index in [0.717, 1.165) is 4.47 Å². The van der Waals surface area contributed by atoms with Crippen LogP contribution in [0.2, 0.25) is 5.28 Å². The molecule has 5 nitrogen and oxygen atoms in total. The molecule has 0 spiro atoms. The highest BCUT2D eigenvalue weighted by molar-refractivity contribution is 9.10. The lowest BCUT2D eigenvalue weighted by molar-refractivity contribution is 0.311. The van der Waals surface area contributed by atoms with Crippen molar-refractivity contribution < 1.29 is 5.11 Å². The van der Waals surface area contributed by atoms with Crippen molar-refractivity contribution in [2.24, 2.45) is 0 Å². The fraction of sp³-hybridized carbons (Fsp3) is 0.222. The highest BCUT2D eigenvalue weighted by Crippen LogP contribution is 2.22. The highest BCUT2D eigenvalue weighted by atomic mass is 79.9. The van der Waals surface area contributed by atoms with Crippen molar-refractivity contribution in [1.29, 1.82) is 0 Å². The highest BCUT2D eigenvalue weighted by Gasteiger charge is 2.07. The number of rotatable bonds is 3. The first-order valence-corrected chi connectivity index (χ1v) is 5.71. The number of nitrogens with zero attached hydrogens (tertiary/aromatic N) is 3. The molecule has 0 aliphatic heterocycles. The van der Waals surface area contributed by atoms with Crippen LogP contribution >= 0.6 is 27.5 Å². The Hall–Kier alpha value is -0.980. The Kier molecular flexibility index (Phi) is 3.52. The van der Waals surface area contributed by atoms with Gasteiger partial charge in [0.2, 0.25) is 5.28 Å². The van der Waals surface area contributed by atoms with E-state index < -0.39 is 0 Å². The predicted octanol–water partition coefficient (Wildman–Crippen LogP) is 1.84. The molecule has 2 aromatic rings. The fourth-order valence-electron chi connectivity index (χ4n) is 1.26. The third-order valence-electron chi connectivity index (χ3n) is 1.88. The number of aliphatic hydroxyl groups excluding tert-OH is 1. The molecule has 2 heterocycles. The van der Waals surface area contributed by atoms with E-state index in [1.54, 1.807) is 12.3 Å². The maximum absolute atomic E-state index is 8.75. The van der Waals surface area contributed by atoms with Crippen LogP contribution in [0.4, 0.5) is 5.82 Å². The Balaban J connectivity index is 2.54. The topological polar surface area (TPSA) is 70.9 Å². The summed E-state index contributed by atoms with van der Waals surface area (Å²) in [4.78, 5) is 12.3. The van der Waals surface area contributed by atoms with Gasteiger partial charge in [0.25, 0.3) is 0 Å². The molecular weight excluding hydrogens is 295 g/mol.